The fraction of sp³-hybridized carbons (Fsp3) is 0.714. The van der Waals surface area contributed by atoms with Crippen molar-refractivity contribution in [2.24, 2.45) is 0 Å². The third-order valence-electron chi connectivity index (χ3n) is 2.99. The second-order valence-electron chi connectivity index (χ2n) is 6.43. The van der Waals surface area contributed by atoms with Crippen LogP contribution in [0.15, 0.2) is 4.34 Å². The van der Waals surface area contributed by atoms with Gasteiger partial charge in [-0.15, -0.1) is 10.2 Å². The Morgan fingerprint density at radius 3 is 2.83 bits per heavy atom. The molecule has 10 heteroatoms. The molecular formula is C14H23N5O3S2. The molecule has 0 saturated carbocycles. The minimum Gasteiger partial charge on any atom is -0.376 e. The highest BCUT2D eigenvalue weighted by Crippen LogP contribution is 2.25. The van der Waals surface area contributed by atoms with Crippen LogP contribution in [-0.4, -0.2) is 52.7 Å². The first-order valence-electron chi connectivity index (χ1n) is 7.75. The molecule has 1 aliphatic rings. The van der Waals surface area contributed by atoms with Gasteiger partial charge in [-0.3, -0.25) is 10.1 Å². The van der Waals surface area contributed by atoms with E-state index in [1.165, 1.54) is 23.1 Å². The molecule has 0 aliphatic carbocycles. The van der Waals surface area contributed by atoms with Gasteiger partial charge in [0.15, 0.2) is 4.34 Å². The molecule has 0 radical (unpaired) electrons. The summed E-state index contributed by atoms with van der Waals surface area (Å²) in [6.45, 7) is 7.00. The van der Waals surface area contributed by atoms with Crippen molar-refractivity contribution in [2.45, 2.75) is 49.6 Å². The SMILES string of the molecule is CC(C)(C)NC(=O)Nc1nnc(SCC(=O)NC[C@H]2CCCO2)s1. The number of rotatable bonds is 6. The summed E-state index contributed by atoms with van der Waals surface area (Å²) >= 11 is 2.53. The van der Waals surface area contributed by atoms with Crippen LogP contribution >= 0.6 is 23.1 Å². The highest BCUT2D eigenvalue weighted by atomic mass is 32.2. The topological polar surface area (TPSA) is 105 Å². The van der Waals surface area contributed by atoms with Crippen molar-refractivity contribution >= 4 is 40.2 Å². The Hall–Kier alpha value is -1.39. The van der Waals surface area contributed by atoms with E-state index in [1.807, 2.05) is 20.8 Å². The quantitative estimate of drug-likeness (QED) is 0.519. The molecule has 0 aromatic carbocycles. The number of carbonyl (C=O) groups is 2. The monoisotopic (exact) mass is 373 g/mol. The lowest BCUT2D eigenvalue weighted by atomic mass is 10.1. The summed E-state index contributed by atoms with van der Waals surface area (Å²) in [6, 6.07) is -0.329. The van der Waals surface area contributed by atoms with E-state index < -0.39 is 0 Å². The molecule has 0 spiro atoms. The number of hydrogen-bond acceptors (Lipinski definition) is 7. The molecule has 1 aromatic rings. The minimum atomic E-state index is -0.329. The Bertz CT molecular complexity index is 567. The van der Waals surface area contributed by atoms with Crippen molar-refractivity contribution in [2.75, 3.05) is 24.2 Å². The Kier molecular flexibility index (Phi) is 6.81. The Morgan fingerprint density at radius 1 is 1.38 bits per heavy atom. The molecule has 1 fully saturated rings. The van der Waals surface area contributed by atoms with Gasteiger partial charge in [-0.25, -0.2) is 4.79 Å². The summed E-state index contributed by atoms with van der Waals surface area (Å²) in [5.41, 5.74) is -0.326. The highest BCUT2D eigenvalue weighted by Gasteiger charge is 2.17. The summed E-state index contributed by atoms with van der Waals surface area (Å²) in [7, 11) is 0. The number of nitrogens with one attached hydrogen (secondary N) is 3. The molecule has 2 heterocycles. The van der Waals surface area contributed by atoms with E-state index in [0.717, 1.165) is 19.4 Å². The number of thioether (sulfide) groups is 1. The van der Waals surface area contributed by atoms with Gasteiger partial charge >= 0.3 is 6.03 Å². The van der Waals surface area contributed by atoms with E-state index >= 15 is 0 Å². The normalized spacial score (nSPS) is 17.5. The zero-order valence-corrected chi connectivity index (χ0v) is 15.7. The average molecular weight is 374 g/mol. The number of nitrogens with zero attached hydrogens (tertiary/aromatic N) is 2. The predicted molar refractivity (Wildman–Crippen MR) is 94.5 cm³/mol. The van der Waals surface area contributed by atoms with Crippen LogP contribution < -0.4 is 16.0 Å². The molecule has 134 valence electrons. The third kappa shape index (κ3) is 7.02. The summed E-state index contributed by atoms with van der Waals surface area (Å²) < 4.78 is 6.09. The third-order valence-corrected chi connectivity index (χ3v) is 4.97. The maximum atomic E-state index is 11.8. The van der Waals surface area contributed by atoms with E-state index in [9.17, 15) is 9.59 Å². The summed E-state index contributed by atoms with van der Waals surface area (Å²) in [5, 5.41) is 16.5. The maximum Gasteiger partial charge on any atom is 0.321 e. The second kappa shape index (κ2) is 8.63. The first kappa shape index (κ1) is 18.9. The Morgan fingerprint density at radius 2 is 2.17 bits per heavy atom. The van der Waals surface area contributed by atoms with Gasteiger partial charge in [0.25, 0.3) is 0 Å². The maximum absolute atomic E-state index is 11.8. The summed E-state index contributed by atoms with van der Waals surface area (Å²) in [4.78, 5) is 23.6. The molecule has 0 unspecified atom stereocenters. The van der Waals surface area contributed by atoms with Gasteiger partial charge in [0.05, 0.1) is 11.9 Å². The largest absolute Gasteiger partial charge is 0.376 e. The lowest BCUT2D eigenvalue weighted by molar-refractivity contribution is -0.119. The van der Waals surface area contributed by atoms with Crippen molar-refractivity contribution in [1.29, 1.82) is 0 Å². The van der Waals surface area contributed by atoms with Crippen LogP contribution in [0.25, 0.3) is 0 Å². The van der Waals surface area contributed by atoms with E-state index in [-0.39, 0.29) is 29.3 Å². The van der Waals surface area contributed by atoms with E-state index in [0.29, 0.717) is 16.0 Å². The van der Waals surface area contributed by atoms with Gasteiger partial charge in [-0.2, -0.15) is 0 Å². The molecule has 1 aromatic heterocycles. The minimum absolute atomic E-state index is 0.0642. The van der Waals surface area contributed by atoms with E-state index in [2.05, 4.69) is 26.1 Å². The number of urea groups is 1. The van der Waals surface area contributed by atoms with Crippen molar-refractivity contribution in [1.82, 2.24) is 20.8 Å². The average Bonchev–Trinajstić information content (AvgIpc) is 3.12. The number of amides is 3. The molecule has 1 aliphatic heterocycles. The van der Waals surface area contributed by atoms with Crippen LogP contribution in [0.2, 0.25) is 0 Å². The molecule has 3 N–H and O–H groups in total. The molecule has 1 atom stereocenters. The van der Waals surface area contributed by atoms with Crippen LogP contribution in [0, 0.1) is 0 Å². The summed E-state index contributed by atoms with van der Waals surface area (Å²) in [5.74, 6) is 0.195. The molecule has 3 amide bonds. The molecule has 1 saturated heterocycles. The fourth-order valence-corrected chi connectivity index (χ4v) is 3.58. The number of ether oxygens (including phenoxy) is 1. The van der Waals surface area contributed by atoms with Crippen LogP contribution in [0.5, 0.6) is 0 Å². The van der Waals surface area contributed by atoms with E-state index in [4.69, 9.17) is 4.74 Å². The van der Waals surface area contributed by atoms with Crippen molar-refractivity contribution in [3.8, 4) is 0 Å². The first-order chi connectivity index (χ1) is 11.3. The van der Waals surface area contributed by atoms with Gasteiger partial charge in [0, 0.05) is 18.7 Å². The van der Waals surface area contributed by atoms with Crippen molar-refractivity contribution < 1.29 is 14.3 Å². The van der Waals surface area contributed by atoms with Crippen LogP contribution in [0.3, 0.4) is 0 Å². The highest BCUT2D eigenvalue weighted by molar-refractivity contribution is 8.01. The standard InChI is InChI=1S/C14H23N5O3S2/c1-14(2,3)17-11(21)16-12-18-19-13(24-12)23-8-10(20)15-7-9-5-4-6-22-9/h9H,4-8H2,1-3H3,(H,15,20)(H2,16,17,18,21)/t9-/m1/s1. The first-order valence-corrected chi connectivity index (χ1v) is 9.56. The molecule has 24 heavy (non-hydrogen) atoms. The smallest absolute Gasteiger partial charge is 0.321 e. The zero-order chi connectivity index (χ0) is 17.6. The second-order valence-corrected chi connectivity index (χ2v) is 8.63. The Labute approximate surface area is 149 Å². The number of hydrogen-bond donors (Lipinski definition) is 3. The van der Waals surface area contributed by atoms with Gasteiger partial charge in [0.2, 0.25) is 11.0 Å². The van der Waals surface area contributed by atoms with E-state index in [1.54, 1.807) is 0 Å². The van der Waals surface area contributed by atoms with Gasteiger partial charge in [0.1, 0.15) is 0 Å². The summed E-state index contributed by atoms with van der Waals surface area (Å²) in [6.07, 6.45) is 2.19. The number of carbonyl (C=O) groups excluding carboxylic acids is 2. The van der Waals surface area contributed by atoms with Gasteiger partial charge in [-0.05, 0) is 33.6 Å². The van der Waals surface area contributed by atoms with Crippen LogP contribution in [-0.2, 0) is 9.53 Å². The molecular weight excluding hydrogens is 350 g/mol. The number of anilines is 1. The van der Waals surface area contributed by atoms with Gasteiger partial charge < -0.3 is 15.4 Å². The van der Waals surface area contributed by atoms with Crippen LogP contribution in [0.1, 0.15) is 33.6 Å². The van der Waals surface area contributed by atoms with Crippen molar-refractivity contribution in [3.05, 3.63) is 0 Å². The molecule has 0 bridgehead atoms. The van der Waals surface area contributed by atoms with Crippen molar-refractivity contribution in [3.63, 3.8) is 0 Å². The fourth-order valence-electron chi connectivity index (χ4n) is 2.00. The lowest BCUT2D eigenvalue weighted by Crippen LogP contribution is -2.43. The van der Waals surface area contributed by atoms with Crippen LogP contribution in [0.4, 0.5) is 9.93 Å². The lowest BCUT2D eigenvalue weighted by Gasteiger charge is -2.19. The molecule has 8 nitrogen and oxygen atoms in total. The zero-order valence-electron chi connectivity index (χ0n) is 14.0. The predicted octanol–water partition coefficient (Wildman–Crippen LogP) is 1.85. The number of aromatic nitrogens is 2. The Balaban J connectivity index is 1.69. The molecule has 2 rings (SSSR count). The van der Waals surface area contributed by atoms with Gasteiger partial charge in [-0.1, -0.05) is 23.1 Å².